The van der Waals surface area contributed by atoms with Crippen LogP contribution in [-0.2, 0) is 0 Å². The molecule has 0 fully saturated rings. The van der Waals surface area contributed by atoms with Gasteiger partial charge in [-0.25, -0.2) is 0 Å². The molecule has 1 aliphatic heterocycles. The number of likely N-dealkylation sites (N-methyl/N-ethyl adjacent to an activating group) is 1. The van der Waals surface area contributed by atoms with Crippen LogP contribution >= 0.6 is 11.8 Å². The summed E-state index contributed by atoms with van der Waals surface area (Å²) >= 11 is 2.01. The van der Waals surface area contributed by atoms with Crippen molar-refractivity contribution < 1.29 is 0 Å². The highest BCUT2D eigenvalue weighted by Crippen LogP contribution is 2.39. The molecule has 0 N–H and O–H groups in total. The molecule has 0 saturated heterocycles. The van der Waals surface area contributed by atoms with E-state index in [1.54, 1.807) is 5.56 Å². The van der Waals surface area contributed by atoms with Crippen LogP contribution in [0.2, 0.25) is 0 Å². The van der Waals surface area contributed by atoms with Gasteiger partial charge in [0.1, 0.15) is 0 Å². The van der Waals surface area contributed by atoms with Gasteiger partial charge in [-0.05, 0) is 32.0 Å². The van der Waals surface area contributed by atoms with Gasteiger partial charge in [0.2, 0.25) is 0 Å². The lowest BCUT2D eigenvalue weighted by molar-refractivity contribution is 0.242. The zero-order chi connectivity index (χ0) is 11.5. The van der Waals surface area contributed by atoms with E-state index < -0.39 is 0 Å². The van der Waals surface area contributed by atoms with Gasteiger partial charge in [0.25, 0.3) is 0 Å². The highest BCUT2D eigenvalue weighted by Gasteiger charge is 2.24. The number of rotatable bonds is 4. The van der Waals surface area contributed by atoms with Crippen LogP contribution in [-0.4, -0.2) is 30.3 Å². The Morgan fingerprint density at radius 1 is 1.44 bits per heavy atom. The fraction of sp³-hybridized carbons (Fsp3) is 0.571. The zero-order valence-electron chi connectivity index (χ0n) is 10.4. The quantitative estimate of drug-likeness (QED) is 0.784. The molecule has 2 rings (SSSR count). The van der Waals surface area contributed by atoms with Crippen LogP contribution in [0.25, 0.3) is 0 Å². The van der Waals surface area contributed by atoms with Gasteiger partial charge >= 0.3 is 0 Å². The first-order valence-corrected chi connectivity index (χ1v) is 7.13. The van der Waals surface area contributed by atoms with E-state index in [0.29, 0.717) is 6.04 Å². The maximum atomic E-state index is 2.49. The van der Waals surface area contributed by atoms with Gasteiger partial charge in [-0.1, -0.05) is 25.1 Å². The first-order chi connectivity index (χ1) is 7.72. The summed E-state index contributed by atoms with van der Waals surface area (Å²) in [6, 6.07) is 9.55. The molecule has 2 atom stereocenters. The molecule has 1 aromatic rings. The Labute approximate surface area is 103 Å². The number of nitrogens with zero attached hydrogens (tertiary/aromatic N) is 1. The second-order valence-corrected chi connectivity index (χ2v) is 5.80. The predicted octanol–water partition coefficient (Wildman–Crippen LogP) is 3.61. The van der Waals surface area contributed by atoms with Gasteiger partial charge in [-0.3, -0.25) is 0 Å². The third-order valence-corrected chi connectivity index (χ3v) is 4.90. The molecule has 0 aliphatic carbocycles. The van der Waals surface area contributed by atoms with E-state index in [4.69, 9.17) is 0 Å². The normalized spacial score (nSPS) is 21.1. The van der Waals surface area contributed by atoms with Crippen LogP contribution in [0.1, 0.15) is 31.7 Å². The molecule has 0 radical (unpaired) electrons. The lowest BCUT2D eigenvalue weighted by Gasteiger charge is -2.26. The van der Waals surface area contributed by atoms with E-state index in [1.807, 2.05) is 11.8 Å². The Morgan fingerprint density at radius 3 is 2.94 bits per heavy atom. The molecule has 1 aliphatic rings. The van der Waals surface area contributed by atoms with Crippen molar-refractivity contribution in [2.75, 3.05) is 19.3 Å². The summed E-state index contributed by atoms with van der Waals surface area (Å²) in [5, 5.41) is 0. The van der Waals surface area contributed by atoms with Crippen molar-refractivity contribution in [1.29, 1.82) is 0 Å². The van der Waals surface area contributed by atoms with Crippen LogP contribution in [0, 0.1) is 0 Å². The van der Waals surface area contributed by atoms with Gasteiger partial charge in [0.05, 0.1) is 0 Å². The van der Waals surface area contributed by atoms with Crippen LogP contribution in [0.3, 0.4) is 0 Å². The predicted molar refractivity (Wildman–Crippen MR) is 72.3 cm³/mol. The summed E-state index contributed by atoms with van der Waals surface area (Å²) in [6.45, 7) is 5.77. The Hall–Kier alpha value is -0.470. The average Bonchev–Trinajstić information content (AvgIpc) is 2.72. The molecule has 1 aromatic carbocycles. The van der Waals surface area contributed by atoms with Crippen molar-refractivity contribution >= 4 is 11.8 Å². The largest absolute Gasteiger partial charge is 0.303 e. The lowest BCUT2D eigenvalue weighted by Crippen LogP contribution is -2.32. The molecule has 16 heavy (non-hydrogen) atoms. The fourth-order valence-electron chi connectivity index (χ4n) is 2.22. The van der Waals surface area contributed by atoms with E-state index in [-0.39, 0.29) is 0 Å². The molecule has 1 nitrogen and oxygen atoms in total. The minimum absolute atomic E-state index is 0.692. The van der Waals surface area contributed by atoms with Crippen LogP contribution in [0.4, 0.5) is 0 Å². The summed E-state index contributed by atoms with van der Waals surface area (Å²) in [7, 11) is 2.25. The average molecular weight is 235 g/mol. The first-order valence-electron chi connectivity index (χ1n) is 6.14. The number of benzene rings is 1. The summed E-state index contributed by atoms with van der Waals surface area (Å²) in [4.78, 5) is 3.98. The SMILES string of the molecule is CCC(C)N(C)CC1CSc2ccccc21. The zero-order valence-corrected chi connectivity index (χ0v) is 11.3. The van der Waals surface area contributed by atoms with E-state index in [2.05, 4.69) is 50.1 Å². The molecule has 2 heteroatoms. The second kappa shape index (κ2) is 5.24. The van der Waals surface area contributed by atoms with Crippen molar-refractivity contribution in [3.8, 4) is 0 Å². The Kier molecular flexibility index (Phi) is 3.93. The molecule has 88 valence electrons. The third-order valence-electron chi connectivity index (χ3n) is 3.65. The topological polar surface area (TPSA) is 3.24 Å². The summed E-state index contributed by atoms with van der Waals surface area (Å²) in [5.41, 5.74) is 1.56. The third kappa shape index (κ3) is 2.44. The fourth-order valence-corrected chi connectivity index (χ4v) is 3.46. The van der Waals surface area contributed by atoms with Crippen molar-refractivity contribution in [1.82, 2.24) is 4.90 Å². The summed E-state index contributed by atoms with van der Waals surface area (Å²) in [5.74, 6) is 1.97. The molecule has 0 spiro atoms. The second-order valence-electron chi connectivity index (χ2n) is 4.74. The molecular weight excluding hydrogens is 214 g/mol. The van der Waals surface area contributed by atoms with Gasteiger partial charge in [0.15, 0.2) is 0 Å². The van der Waals surface area contributed by atoms with E-state index in [1.165, 1.54) is 23.6 Å². The summed E-state index contributed by atoms with van der Waals surface area (Å²) in [6.07, 6.45) is 1.23. The number of thioether (sulfide) groups is 1. The molecule has 0 aromatic heterocycles. The molecule has 1 heterocycles. The van der Waals surface area contributed by atoms with Gasteiger partial charge < -0.3 is 4.90 Å². The van der Waals surface area contributed by atoms with E-state index in [0.717, 1.165) is 5.92 Å². The maximum Gasteiger partial charge on any atom is 0.0108 e. The maximum absolute atomic E-state index is 2.49. The number of hydrogen-bond donors (Lipinski definition) is 0. The lowest BCUT2D eigenvalue weighted by atomic mass is 10.0. The van der Waals surface area contributed by atoms with Crippen LogP contribution < -0.4 is 0 Å². The molecule has 0 bridgehead atoms. The van der Waals surface area contributed by atoms with E-state index in [9.17, 15) is 0 Å². The highest BCUT2D eigenvalue weighted by atomic mass is 32.2. The first kappa shape index (κ1) is 12.0. The number of hydrogen-bond acceptors (Lipinski definition) is 2. The Morgan fingerprint density at radius 2 is 2.19 bits per heavy atom. The minimum atomic E-state index is 0.692. The van der Waals surface area contributed by atoms with Crippen molar-refractivity contribution in [3.05, 3.63) is 29.8 Å². The molecule has 0 saturated carbocycles. The minimum Gasteiger partial charge on any atom is -0.303 e. The van der Waals surface area contributed by atoms with Gasteiger partial charge in [-0.2, -0.15) is 0 Å². The van der Waals surface area contributed by atoms with Crippen molar-refractivity contribution in [2.24, 2.45) is 0 Å². The van der Waals surface area contributed by atoms with Gasteiger partial charge in [0, 0.05) is 29.2 Å². The Balaban J connectivity index is 2.03. The summed E-state index contributed by atoms with van der Waals surface area (Å²) < 4.78 is 0. The Bertz CT molecular complexity index is 350. The highest BCUT2D eigenvalue weighted by molar-refractivity contribution is 7.99. The molecule has 0 amide bonds. The van der Waals surface area contributed by atoms with E-state index >= 15 is 0 Å². The standard InChI is InChI=1S/C14H21NS/c1-4-11(2)15(3)9-12-10-16-14-8-6-5-7-13(12)14/h5-8,11-12H,4,9-10H2,1-3H3. The van der Waals surface area contributed by atoms with Gasteiger partial charge in [-0.15, -0.1) is 11.8 Å². The van der Waals surface area contributed by atoms with Crippen molar-refractivity contribution in [2.45, 2.75) is 37.1 Å². The monoisotopic (exact) mass is 235 g/mol. The molecular formula is C14H21NS. The smallest absolute Gasteiger partial charge is 0.0108 e. The number of fused-ring (bicyclic) bond motifs is 1. The molecule has 2 unspecified atom stereocenters. The van der Waals surface area contributed by atoms with Crippen LogP contribution in [0.5, 0.6) is 0 Å². The van der Waals surface area contributed by atoms with Crippen LogP contribution in [0.15, 0.2) is 29.2 Å². The van der Waals surface area contributed by atoms with Crippen molar-refractivity contribution in [3.63, 3.8) is 0 Å².